The molecule has 0 amide bonds. The summed E-state index contributed by atoms with van der Waals surface area (Å²) in [6.45, 7) is 13.1. The van der Waals surface area contributed by atoms with Crippen LogP contribution in [0.3, 0.4) is 0 Å². The molecular formula is C39H50O5SSi2. The Morgan fingerprint density at radius 3 is 1.11 bits per heavy atom. The molecule has 0 spiro atoms. The van der Waals surface area contributed by atoms with Crippen LogP contribution in [-0.2, 0) is 23.2 Å². The molecule has 0 N–H and O–H groups in total. The molecule has 0 unspecified atom stereocenters. The van der Waals surface area contributed by atoms with Crippen LogP contribution >= 0.6 is 0 Å². The zero-order chi connectivity index (χ0) is 33.8. The molecule has 1 aliphatic carbocycles. The first-order valence-electron chi connectivity index (χ1n) is 16.7. The zero-order valence-corrected chi connectivity index (χ0v) is 31.5. The van der Waals surface area contributed by atoms with E-state index in [9.17, 15) is 8.42 Å². The highest BCUT2D eigenvalue weighted by atomic mass is 32.2. The minimum absolute atomic E-state index is 0.0411. The Morgan fingerprint density at radius 1 is 0.574 bits per heavy atom. The van der Waals surface area contributed by atoms with E-state index in [1.807, 2.05) is 72.8 Å². The maximum Gasteiger partial charge on any atom is 0.274 e. The quantitative estimate of drug-likeness (QED) is 0.120. The summed E-state index contributed by atoms with van der Waals surface area (Å²) in [4.78, 5) is 0. The van der Waals surface area contributed by atoms with Crippen molar-refractivity contribution in [3.05, 3.63) is 121 Å². The van der Waals surface area contributed by atoms with E-state index in [2.05, 4.69) is 90.1 Å². The fourth-order valence-electron chi connectivity index (χ4n) is 6.91. The van der Waals surface area contributed by atoms with Crippen LogP contribution in [0.25, 0.3) is 0 Å². The minimum atomic E-state index is -4.05. The molecule has 0 radical (unpaired) electrons. The summed E-state index contributed by atoms with van der Waals surface area (Å²) in [5, 5.41) is 2.76. The summed E-state index contributed by atoms with van der Waals surface area (Å²) in [6, 6.07) is 41.3. The van der Waals surface area contributed by atoms with Gasteiger partial charge in [0.1, 0.15) is 5.25 Å². The van der Waals surface area contributed by atoms with Crippen LogP contribution in [0.5, 0.6) is 0 Å². The van der Waals surface area contributed by atoms with Crippen LogP contribution < -0.4 is 20.7 Å². The molecule has 47 heavy (non-hydrogen) atoms. The smallest absolute Gasteiger partial charge is 0.274 e. The predicted molar refractivity (Wildman–Crippen MR) is 199 cm³/mol. The van der Waals surface area contributed by atoms with Crippen LogP contribution in [0, 0.1) is 0 Å². The van der Waals surface area contributed by atoms with Crippen molar-refractivity contribution in [3.8, 4) is 0 Å². The van der Waals surface area contributed by atoms with Crippen LogP contribution in [0.1, 0.15) is 60.8 Å². The van der Waals surface area contributed by atoms with Crippen molar-refractivity contribution in [2.75, 3.05) is 13.2 Å². The third-order valence-electron chi connectivity index (χ3n) is 9.54. The van der Waals surface area contributed by atoms with Gasteiger partial charge in [-0.3, -0.25) is 4.18 Å². The summed E-state index contributed by atoms with van der Waals surface area (Å²) in [5.41, 5.74) is 0. The van der Waals surface area contributed by atoms with E-state index in [0.29, 0.717) is 0 Å². The molecule has 0 bridgehead atoms. The van der Waals surface area contributed by atoms with Gasteiger partial charge in [-0.15, -0.1) is 0 Å². The van der Waals surface area contributed by atoms with Gasteiger partial charge in [-0.1, -0.05) is 163 Å². The van der Waals surface area contributed by atoms with Crippen molar-refractivity contribution in [1.29, 1.82) is 0 Å². The Hall–Kier alpha value is -2.86. The molecule has 0 aliphatic heterocycles. The summed E-state index contributed by atoms with van der Waals surface area (Å²) in [7, 11) is -10.1. The molecule has 250 valence electrons. The van der Waals surface area contributed by atoms with E-state index in [1.165, 1.54) is 0 Å². The lowest BCUT2D eigenvalue weighted by atomic mass is 9.97. The van der Waals surface area contributed by atoms with Gasteiger partial charge < -0.3 is 8.85 Å². The molecule has 0 saturated heterocycles. The van der Waals surface area contributed by atoms with Crippen molar-refractivity contribution in [1.82, 2.24) is 0 Å². The normalized spacial score (nSPS) is 15.0. The van der Waals surface area contributed by atoms with Crippen molar-refractivity contribution in [2.24, 2.45) is 0 Å². The third-order valence-corrected chi connectivity index (χ3v) is 21.2. The van der Waals surface area contributed by atoms with Crippen LogP contribution in [0.4, 0.5) is 0 Å². The van der Waals surface area contributed by atoms with E-state index in [4.69, 9.17) is 13.0 Å². The van der Waals surface area contributed by atoms with Crippen LogP contribution in [0.15, 0.2) is 121 Å². The molecule has 1 saturated carbocycles. The third kappa shape index (κ3) is 7.28. The lowest BCUT2D eigenvalue weighted by Gasteiger charge is -2.45. The van der Waals surface area contributed by atoms with Gasteiger partial charge in [-0.25, -0.2) is 0 Å². The van der Waals surface area contributed by atoms with Gasteiger partial charge in [0, 0.05) is 0 Å². The fraction of sp³-hybridized carbons (Fsp3) is 0.385. The number of hydrogen-bond donors (Lipinski definition) is 0. The Morgan fingerprint density at radius 2 is 0.872 bits per heavy atom. The van der Waals surface area contributed by atoms with E-state index < -0.39 is 32.0 Å². The predicted octanol–water partition coefficient (Wildman–Crippen LogP) is 6.41. The summed E-state index contributed by atoms with van der Waals surface area (Å²) < 4.78 is 48.9. The number of benzene rings is 4. The highest BCUT2D eigenvalue weighted by Crippen LogP contribution is 2.39. The van der Waals surface area contributed by atoms with Gasteiger partial charge in [-0.2, -0.15) is 8.42 Å². The summed E-state index contributed by atoms with van der Waals surface area (Å²) in [6.07, 6.45) is 2.18. The Labute approximate surface area is 284 Å². The van der Waals surface area contributed by atoms with Gasteiger partial charge >= 0.3 is 0 Å². The summed E-state index contributed by atoms with van der Waals surface area (Å²) >= 11 is 0. The Bertz CT molecular complexity index is 1480. The van der Waals surface area contributed by atoms with E-state index in [-0.39, 0.29) is 29.4 Å². The van der Waals surface area contributed by atoms with Gasteiger partial charge in [0.15, 0.2) is 0 Å². The Balaban J connectivity index is 1.60. The second-order valence-corrected chi connectivity index (χ2v) is 25.2. The molecular weight excluding hydrogens is 637 g/mol. The Kier molecular flexibility index (Phi) is 10.8. The summed E-state index contributed by atoms with van der Waals surface area (Å²) in [5.74, 6) is 0. The molecule has 5 rings (SSSR count). The first-order chi connectivity index (χ1) is 22.3. The molecule has 5 nitrogen and oxygen atoms in total. The van der Waals surface area contributed by atoms with Gasteiger partial charge in [0.05, 0.1) is 19.3 Å². The van der Waals surface area contributed by atoms with Crippen LogP contribution in [0.2, 0.25) is 10.1 Å². The standard InChI is InChI=1S/C39H50O5SSi2/c1-38(2,3)46(34-22-11-7-12-23-34,35-24-13-8-14-25-35)42-30-33(45(40,41)44-32-20-19-21-32)31-43-47(39(4,5)6,36-26-15-9-16-27-36)37-28-17-10-18-29-37/h7-18,22-29,32-33H,19-21,30-31H2,1-6H3. The number of rotatable bonds is 13. The maximum atomic E-state index is 14.3. The highest BCUT2D eigenvalue weighted by Gasteiger charge is 2.53. The minimum Gasteiger partial charge on any atom is -0.406 e. The SMILES string of the molecule is CC(C)(C)[Si](OCC(CO[Si](c1ccccc1)(c1ccccc1)C(C)(C)C)S(=O)(=O)OC1CCC1)(c1ccccc1)c1ccccc1. The van der Waals surface area contributed by atoms with Crippen molar-refractivity contribution < 1.29 is 21.5 Å². The first-order valence-corrected chi connectivity index (χ1v) is 22.0. The van der Waals surface area contributed by atoms with E-state index >= 15 is 0 Å². The molecule has 8 heteroatoms. The molecule has 1 fully saturated rings. The maximum absolute atomic E-state index is 14.3. The second kappa shape index (κ2) is 14.3. The van der Waals surface area contributed by atoms with Crippen molar-refractivity contribution >= 4 is 47.5 Å². The topological polar surface area (TPSA) is 61.8 Å². The highest BCUT2D eigenvalue weighted by molar-refractivity contribution is 7.87. The molecule has 0 heterocycles. The van der Waals surface area contributed by atoms with Crippen molar-refractivity contribution in [3.63, 3.8) is 0 Å². The molecule has 0 atom stereocenters. The van der Waals surface area contributed by atoms with Crippen LogP contribution in [-0.4, -0.2) is 49.6 Å². The van der Waals surface area contributed by atoms with Crippen molar-refractivity contribution in [2.45, 2.75) is 82.2 Å². The van der Waals surface area contributed by atoms with E-state index in [1.54, 1.807) is 0 Å². The molecule has 4 aromatic carbocycles. The average molecular weight is 687 g/mol. The molecule has 0 aromatic heterocycles. The van der Waals surface area contributed by atoms with Gasteiger partial charge in [0.2, 0.25) is 0 Å². The fourth-order valence-corrected chi connectivity index (χ4v) is 17.6. The lowest BCUT2D eigenvalue weighted by Crippen LogP contribution is -2.68. The first kappa shape index (κ1) is 35.5. The molecule has 1 aliphatic rings. The lowest BCUT2D eigenvalue weighted by molar-refractivity contribution is 0.119. The monoisotopic (exact) mass is 686 g/mol. The largest absolute Gasteiger partial charge is 0.406 e. The van der Waals surface area contributed by atoms with E-state index in [0.717, 1.165) is 40.0 Å². The molecule has 4 aromatic rings. The average Bonchev–Trinajstić information content (AvgIpc) is 3.03. The number of hydrogen-bond acceptors (Lipinski definition) is 5. The van der Waals surface area contributed by atoms with Gasteiger partial charge in [-0.05, 0) is 50.1 Å². The zero-order valence-electron chi connectivity index (χ0n) is 28.7. The second-order valence-electron chi connectivity index (χ2n) is 14.7. The van der Waals surface area contributed by atoms with Gasteiger partial charge in [0.25, 0.3) is 26.8 Å².